The van der Waals surface area contributed by atoms with Crippen molar-refractivity contribution >= 4 is 15.9 Å². The molecule has 0 bridgehead atoms. The van der Waals surface area contributed by atoms with Crippen molar-refractivity contribution in [1.82, 2.24) is 19.4 Å². The predicted molar refractivity (Wildman–Crippen MR) is 134 cm³/mol. The van der Waals surface area contributed by atoms with Crippen LogP contribution in [-0.2, 0) is 21.4 Å². The molecule has 2 aromatic carbocycles. The monoisotopic (exact) mass is 484 g/mol. The van der Waals surface area contributed by atoms with E-state index >= 15 is 0 Å². The second-order valence-corrected chi connectivity index (χ2v) is 11.2. The molecule has 1 N–H and O–H groups in total. The van der Waals surface area contributed by atoms with Crippen LogP contribution in [0, 0.1) is 6.92 Å². The number of benzene rings is 2. The summed E-state index contributed by atoms with van der Waals surface area (Å²) < 4.78 is 27.5. The summed E-state index contributed by atoms with van der Waals surface area (Å²) in [6.07, 6.45) is 2.14. The van der Waals surface area contributed by atoms with E-state index in [0.717, 1.165) is 51.3 Å². The zero-order valence-corrected chi connectivity index (χ0v) is 20.8. The van der Waals surface area contributed by atoms with Crippen LogP contribution < -0.4 is 5.32 Å². The summed E-state index contributed by atoms with van der Waals surface area (Å²) in [6.45, 7) is 8.98. The number of carbonyl (C=O) groups is 1. The molecule has 2 aliphatic heterocycles. The van der Waals surface area contributed by atoms with Crippen LogP contribution in [0.25, 0.3) is 0 Å². The molecule has 0 saturated carbocycles. The second kappa shape index (κ2) is 11.4. The number of hydrogen-bond donors (Lipinski definition) is 1. The van der Waals surface area contributed by atoms with E-state index in [1.807, 2.05) is 13.0 Å². The molecule has 0 unspecified atom stereocenters. The minimum atomic E-state index is -3.67. The van der Waals surface area contributed by atoms with Crippen LogP contribution >= 0.6 is 0 Å². The maximum atomic E-state index is 13.1. The Labute approximate surface area is 203 Å². The summed E-state index contributed by atoms with van der Waals surface area (Å²) in [5, 5.41) is 2.99. The van der Waals surface area contributed by atoms with Crippen molar-refractivity contribution in [1.29, 1.82) is 0 Å². The van der Waals surface area contributed by atoms with Gasteiger partial charge in [0.1, 0.15) is 6.04 Å². The van der Waals surface area contributed by atoms with Crippen molar-refractivity contribution < 1.29 is 13.2 Å². The molecule has 2 saturated heterocycles. The Morgan fingerprint density at radius 3 is 2.32 bits per heavy atom. The number of piperazine rings is 1. The molecule has 4 rings (SSSR count). The lowest BCUT2D eigenvalue weighted by molar-refractivity contribution is -0.124. The summed E-state index contributed by atoms with van der Waals surface area (Å²) in [7, 11) is -3.67. The molecule has 2 heterocycles. The standard InChI is InChI=1S/C26H36N4O3S/c1-22-10-12-24(13-11-22)34(32,33)30-16-5-9-25(30)26(31)27-14-6-15-28-17-19-29(20-18-28)21-23-7-3-2-4-8-23/h2-4,7-8,10-13,25H,5-6,9,14-21H2,1H3,(H,27,31)/t25-/m0/s1. The van der Waals surface area contributed by atoms with Gasteiger partial charge < -0.3 is 10.2 Å². The van der Waals surface area contributed by atoms with Crippen LogP contribution in [0.2, 0.25) is 0 Å². The zero-order valence-electron chi connectivity index (χ0n) is 20.0. The average molecular weight is 485 g/mol. The number of nitrogens with one attached hydrogen (secondary N) is 1. The first-order valence-electron chi connectivity index (χ1n) is 12.3. The molecule has 2 fully saturated rings. The summed E-state index contributed by atoms with van der Waals surface area (Å²) in [6, 6.07) is 16.8. The van der Waals surface area contributed by atoms with Crippen LogP contribution in [0.1, 0.15) is 30.4 Å². The molecule has 1 atom stereocenters. The average Bonchev–Trinajstić information content (AvgIpc) is 3.35. The number of amides is 1. The molecular weight excluding hydrogens is 448 g/mol. The van der Waals surface area contributed by atoms with Crippen molar-refractivity contribution in [3.8, 4) is 0 Å². The fourth-order valence-corrected chi connectivity index (χ4v) is 6.44. The quantitative estimate of drug-likeness (QED) is 0.554. The van der Waals surface area contributed by atoms with Crippen molar-refractivity contribution in [2.75, 3.05) is 45.8 Å². The second-order valence-electron chi connectivity index (χ2n) is 9.33. The first-order valence-corrected chi connectivity index (χ1v) is 13.7. The molecule has 0 spiro atoms. The molecule has 0 aromatic heterocycles. The first kappa shape index (κ1) is 24.9. The number of sulfonamides is 1. The van der Waals surface area contributed by atoms with E-state index in [9.17, 15) is 13.2 Å². The largest absolute Gasteiger partial charge is 0.355 e. The lowest BCUT2D eigenvalue weighted by Crippen LogP contribution is -2.47. The van der Waals surface area contributed by atoms with Crippen molar-refractivity contribution in [3.05, 3.63) is 65.7 Å². The number of rotatable bonds is 9. The molecular formula is C26H36N4O3S. The van der Waals surface area contributed by atoms with Gasteiger partial charge in [-0.25, -0.2) is 8.42 Å². The van der Waals surface area contributed by atoms with Crippen LogP contribution in [0.3, 0.4) is 0 Å². The Kier molecular flexibility index (Phi) is 8.37. The molecule has 0 aliphatic carbocycles. The summed E-state index contributed by atoms with van der Waals surface area (Å²) in [5.41, 5.74) is 2.36. The van der Waals surface area contributed by atoms with E-state index < -0.39 is 16.1 Å². The third-order valence-corrected chi connectivity index (χ3v) is 8.72. The van der Waals surface area contributed by atoms with E-state index in [4.69, 9.17) is 0 Å². The summed E-state index contributed by atoms with van der Waals surface area (Å²) >= 11 is 0. The Hall–Kier alpha value is -2.26. The van der Waals surface area contributed by atoms with Gasteiger partial charge in [0.25, 0.3) is 0 Å². The van der Waals surface area contributed by atoms with Crippen LogP contribution in [0.15, 0.2) is 59.5 Å². The van der Waals surface area contributed by atoms with Gasteiger partial charge in [-0.3, -0.25) is 9.69 Å². The molecule has 2 aromatic rings. The number of carbonyl (C=O) groups excluding carboxylic acids is 1. The van der Waals surface area contributed by atoms with E-state index in [-0.39, 0.29) is 10.8 Å². The van der Waals surface area contributed by atoms with Crippen molar-refractivity contribution in [3.63, 3.8) is 0 Å². The Morgan fingerprint density at radius 1 is 0.941 bits per heavy atom. The minimum absolute atomic E-state index is 0.180. The predicted octanol–water partition coefficient (Wildman–Crippen LogP) is 2.47. The van der Waals surface area contributed by atoms with Crippen LogP contribution in [0.5, 0.6) is 0 Å². The van der Waals surface area contributed by atoms with E-state index in [2.05, 4.69) is 39.4 Å². The summed E-state index contributed by atoms with van der Waals surface area (Å²) in [4.78, 5) is 18.0. The fourth-order valence-electron chi connectivity index (χ4n) is 4.78. The smallest absolute Gasteiger partial charge is 0.243 e. The maximum absolute atomic E-state index is 13.1. The highest BCUT2D eigenvalue weighted by molar-refractivity contribution is 7.89. The van der Waals surface area contributed by atoms with Gasteiger partial charge >= 0.3 is 0 Å². The lowest BCUT2D eigenvalue weighted by Gasteiger charge is -2.34. The Morgan fingerprint density at radius 2 is 1.62 bits per heavy atom. The van der Waals surface area contributed by atoms with Crippen molar-refractivity contribution in [2.45, 2.75) is 43.7 Å². The molecule has 1 amide bonds. The lowest BCUT2D eigenvalue weighted by atomic mass is 10.2. The first-order chi connectivity index (χ1) is 16.4. The van der Waals surface area contributed by atoms with Gasteiger partial charge in [0.05, 0.1) is 4.90 Å². The van der Waals surface area contributed by atoms with E-state index in [0.29, 0.717) is 25.9 Å². The van der Waals surface area contributed by atoms with Gasteiger partial charge in [-0.05, 0) is 50.4 Å². The highest BCUT2D eigenvalue weighted by atomic mass is 32.2. The van der Waals surface area contributed by atoms with Crippen LogP contribution in [-0.4, -0.2) is 80.3 Å². The fraction of sp³-hybridized carbons (Fsp3) is 0.500. The van der Waals surface area contributed by atoms with Gasteiger partial charge in [0.15, 0.2) is 0 Å². The molecule has 34 heavy (non-hydrogen) atoms. The highest BCUT2D eigenvalue weighted by Crippen LogP contribution is 2.26. The molecule has 184 valence electrons. The SMILES string of the molecule is Cc1ccc(S(=O)(=O)N2CCC[C@H]2C(=O)NCCCN2CCN(Cc3ccccc3)CC2)cc1. The minimum Gasteiger partial charge on any atom is -0.355 e. The van der Waals surface area contributed by atoms with Gasteiger partial charge in [-0.15, -0.1) is 0 Å². The topological polar surface area (TPSA) is 73.0 Å². The van der Waals surface area contributed by atoms with Gasteiger partial charge in [-0.1, -0.05) is 48.0 Å². The third kappa shape index (κ3) is 6.24. The number of aryl methyl sites for hydroxylation is 1. The molecule has 2 aliphatic rings. The van der Waals surface area contributed by atoms with Crippen molar-refractivity contribution in [2.24, 2.45) is 0 Å². The number of hydrogen-bond acceptors (Lipinski definition) is 5. The molecule has 7 nitrogen and oxygen atoms in total. The molecule has 0 radical (unpaired) electrons. The number of nitrogens with zero attached hydrogens (tertiary/aromatic N) is 3. The van der Waals surface area contributed by atoms with E-state index in [1.165, 1.54) is 9.87 Å². The van der Waals surface area contributed by atoms with Gasteiger partial charge in [0.2, 0.25) is 15.9 Å². The van der Waals surface area contributed by atoms with E-state index in [1.54, 1.807) is 24.3 Å². The molecule has 8 heteroatoms. The van der Waals surface area contributed by atoms with Gasteiger partial charge in [0, 0.05) is 45.8 Å². The maximum Gasteiger partial charge on any atom is 0.243 e. The Bertz CT molecular complexity index is 1040. The highest BCUT2D eigenvalue weighted by Gasteiger charge is 2.39. The zero-order chi connectivity index (χ0) is 24.0. The normalized spacial score (nSPS) is 20.4. The Balaban J connectivity index is 1.19. The summed E-state index contributed by atoms with van der Waals surface area (Å²) in [5.74, 6) is -0.180. The van der Waals surface area contributed by atoms with Gasteiger partial charge in [-0.2, -0.15) is 4.31 Å². The van der Waals surface area contributed by atoms with Crippen LogP contribution in [0.4, 0.5) is 0 Å². The third-order valence-electron chi connectivity index (χ3n) is 6.80.